The van der Waals surface area contributed by atoms with E-state index in [9.17, 15) is 0 Å². The van der Waals surface area contributed by atoms with Crippen molar-refractivity contribution in [1.29, 1.82) is 0 Å². The van der Waals surface area contributed by atoms with Gasteiger partial charge in [0.25, 0.3) is 0 Å². The minimum atomic E-state index is 0.640. The third-order valence-corrected chi connectivity index (χ3v) is 10.3. The van der Waals surface area contributed by atoms with Crippen molar-refractivity contribution in [1.82, 2.24) is 19.5 Å². The molecule has 0 fully saturated rings. The van der Waals surface area contributed by atoms with Crippen LogP contribution in [0.5, 0.6) is 0 Å². The highest BCUT2D eigenvalue weighted by Gasteiger charge is 2.22. The molecule has 0 radical (unpaired) electrons. The number of hydrogen-bond acceptors (Lipinski definition) is 4. The molecule has 0 saturated carbocycles. The maximum absolute atomic E-state index is 5.22. The summed E-state index contributed by atoms with van der Waals surface area (Å²) in [6.07, 6.45) is 0. The van der Waals surface area contributed by atoms with Gasteiger partial charge in [-0.3, -0.25) is 0 Å². The normalized spacial score (nSPS) is 11.8. The molecule has 0 bridgehead atoms. The minimum absolute atomic E-state index is 0.640. The monoisotopic (exact) mass is 630 g/mol. The topological polar surface area (TPSA) is 43.6 Å². The molecule has 4 nitrogen and oxygen atoms in total. The van der Waals surface area contributed by atoms with Crippen LogP contribution in [-0.2, 0) is 0 Å². The zero-order valence-corrected chi connectivity index (χ0v) is 26.5. The molecule has 0 N–H and O–H groups in total. The zero-order chi connectivity index (χ0) is 31.6. The van der Waals surface area contributed by atoms with Crippen molar-refractivity contribution in [3.05, 3.63) is 158 Å². The van der Waals surface area contributed by atoms with E-state index in [2.05, 4.69) is 126 Å². The summed E-state index contributed by atoms with van der Waals surface area (Å²) in [5, 5.41) is 7.30. The highest BCUT2D eigenvalue weighted by atomic mass is 32.1. The first kappa shape index (κ1) is 27.0. The number of benzene rings is 7. The second-order valence-electron chi connectivity index (χ2n) is 12.1. The van der Waals surface area contributed by atoms with Gasteiger partial charge in [0.1, 0.15) is 0 Å². The quantitative estimate of drug-likeness (QED) is 0.194. The molecule has 0 aliphatic rings. The molecule has 3 aromatic heterocycles. The average molecular weight is 631 g/mol. The summed E-state index contributed by atoms with van der Waals surface area (Å²) < 4.78 is 4.89. The van der Waals surface area contributed by atoms with Crippen LogP contribution in [0.15, 0.2) is 158 Å². The lowest BCUT2D eigenvalue weighted by molar-refractivity contribution is 1.07. The summed E-state index contributed by atoms with van der Waals surface area (Å²) in [5.74, 6) is 1.93. The van der Waals surface area contributed by atoms with Gasteiger partial charge in [0.15, 0.2) is 17.5 Å². The molecule has 0 saturated heterocycles. The van der Waals surface area contributed by atoms with Gasteiger partial charge in [0.2, 0.25) is 0 Å². The second-order valence-corrected chi connectivity index (χ2v) is 13.2. The molecule has 10 rings (SSSR count). The molecule has 0 spiro atoms. The number of aromatic nitrogens is 4. The molecule has 0 unspecified atom stereocenters. The smallest absolute Gasteiger partial charge is 0.166 e. The average Bonchev–Trinajstić information content (AvgIpc) is 3.68. The van der Waals surface area contributed by atoms with Gasteiger partial charge in [-0.2, -0.15) is 0 Å². The number of nitrogens with zero attached hydrogens (tertiary/aromatic N) is 4. The van der Waals surface area contributed by atoms with E-state index in [1.54, 1.807) is 0 Å². The fourth-order valence-corrected chi connectivity index (χ4v) is 8.09. The second kappa shape index (κ2) is 10.7. The molecular weight excluding hydrogens is 605 g/mol. The first-order valence-electron chi connectivity index (χ1n) is 16.0. The Labute approximate surface area is 280 Å². The summed E-state index contributed by atoms with van der Waals surface area (Å²) in [6, 6.07) is 55.6. The standard InChI is InChI=1S/C43H26N4S/c1-3-13-27(14-4-1)41-44-42(28-15-5-2-6-16-28)46-43(45-41)35-25-34-32-20-10-12-22-39(32)48-40(34)26-38(35)47-36-21-11-9-19-31(36)33-23-29-17-7-8-18-30(29)24-37(33)47/h1-26H. The Kier molecular flexibility index (Phi) is 6.01. The SMILES string of the molecule is c1ccc(-c2nc(-c3ccccc3)nc(-c3cc4c(cc3-n3c5ccccc5c5cc6ccccc6cc53)sc3ccccc34)n2)cc1. The number of hydrogen-bond donors (Lipinski definition) is 0. The van der Waals surface area contributed by atoms with Crippen molar-refractivity contribution >= 4 is 64.1 Å². The van der Waals surface area contributed by atoms with Gasteiger partial charge < -0.3 is 4.57 Å². The molecule has 5 heteroatoms. The van der Waals surface area contributed by atoms with E-state index >= 15 is 0 Å². The lowest BCUT2D eigenvalue weighted by atomic mass is 10.0. The van der Waals surface area contributed by atoms with E-state index in [0.29, 0.717) is 17.5 Å². The van der Waals surface area contributed by atoms with Crippen molar-refractivity contribution in [3.63, 3.8) is 0 Å². The summed E-state index contributed by atoms with van der Waals surface area (Å²) >= 11 is 1.82. The molecule has 0 atom stereocenters. The summed E-state index contributed by atoms with van der Waals surface area (Å²) in [5.41, 5.74) is 6.19. The Bertz CT molecular complexity index is 2780. The van der Waals surface area contributed by atoms with Gasteiger partial charge in [0, 0.05) is 47.6 Å². The Balaban J connectivity index is 1.35. The van der Waals surface area contributed by atoms with Crippen molar-refractivity contribution < 1.29 is 0 Å². The lowest BCUT2D eigenvalue weighted by Crippen LogP contribution is -2.03. The molecular formula is C43H26N4S. The van der Waals surface area contributed by atoms with Crippen molar-refractivity contribution in [2.45, 2.75) is 0 Å². The maximum Gasteiger partial charge on any atom is 0.166 e. The van der Waals surface area contributed by atoms with E-state index in [0.717, 1.165) is 33.4 Å². The molecule has 224 valence electrons. The summed E-state index contributed by atoms with van der Waals surface area (Å²) in [7, 11) is 0. The highest BCUT2D eigenvalue weighted by Crippen LogP contribution is 2.43. The Morgan fingerprint density at radius 1 is 0.396 bits per heavy atom. The zero-order valence-electron chi connectivity index (χ0n) is 25.7. The number of thiophene rings is 1. The Hall–Kier alpha value is -6.17. The van der Waals surface area contributed by atoms with Gasteiger partial charge in [-0.05, 0) is 47.2 Å². The van der Waals surface area contributed by atoms with Gasteiger partial charge in [0.05, 0.1) is 16.7 Å². The largest absolute Gasteiger partial charge is 0.308 e. The third kappa shape index (κ3) is 4.25. The Morgan fingerprint density at radius 2 is 0.979 bits per heavy atom. The van der Waals surface area contributed by atoms with Crippen LogP contribution in [0.25, 0.3) is 92.6 Å². The van der Waals surface area contributed by atoms with E-state index in [1.165, 1.54) is 41.7 Å². The molecule has 0 amide bonds. The van der Waals surface area contributed by atoms with Crippen LogP contribution in [0, 0.1) is 0 Å². The van der Waals surface area contributed by atoms with E-state index in [1.807, 2.05) is 47.7 Å². The van der Waals surface area contributed by atoms with Crippen LogP contribution in [-0.4, -0.2) is 19.5 Å². The van der Waals surface area contributed by atoms with E-state index in [4.69, 9.17) is 15.0 Å². The van der Waals surface area contributed by atoms with Gasteiger partial charge in [-0.15, -0.1) is 11.3 Å². The summed E-state index contributed by atoms with van der Waals surface area (Å²) in [4.78, 5) is 15.4. The minimum Gasteiger partial charge on any atom is -0.308 e. The van der Waals surface area contributed by atoms with Crippen molar-refractivity contribution in [2.24, 2.45) is 0 Å². The molecule has 10 aromatic rings. The predicted molar refractivity (Wildman–Crippen MR) is 201 cm³/mol. The fraction of sp³-hybridized carbons (Fsp3) is 0. The molecule has 3 heterocycles. The van der Waals surface area contributed by atoms with Crippen molar-refractivity contribution in [2.75, 3.05) is 0 Å². The van der Waals surface area contributed by atoms with E-state index < -0.39 is 0 Å². The van der Waals surface area contributed by atoms with Crippen LogP contribution in [0.4, 0.5) is 0 Å². The molecule has 0 aliphatic carbocycles. The molecule has 48 heavy (non-hydrogen) atoms. The Morgan fingerprint density at radius 3 is 1.71 bits per heavy atom. The van der Waals surface area contributed by atoms with Crippen LogP contribution in [0.2, 0.25) is 0 Å². The highest BCUT2D eigenvalue weighted by molar-refractivity contribution is 7.25. The molecule has 7 aromatic carbocycles. The van der Waals surface area contributed by atoms with Crippen molar-refractivity contribution in [3.8, 4) is 39.9 Å². The summed E-state index contributed by atoms with van der Waals surface area (Å²) in [6.45, 7) is 0. The lowest BCUT2D eigenvalue weighted by Gasteiger charge is -2.15. The first-order chi connectivity index (χ1) is 23.8. The number of rotatable bonds is 4. The van der Waals surface area contributed by atoms with E-state index in [-0.39, 0.29) is 0 Å². The first-order valence-corrected chi connectivity index (χ1v) is 16.9. The van der Waals surface area contributed by atoms with Crippen LogP contribution in [0.1, 0.15) is 0 Å². The fourth-order valence-electron chi connectivity index (χ4n) is 6.97. The number of para-hydroxylation sites is 1. The molecule has 0 aliphatic heterocycles. The van der Waals surface area contributed by atoms with Crippen LogP contribution < -0.4 is 0 Å². The predicted octanol–water partition coefficient (Wildman–Crippen LogP) is 11.5. The van der Waals surface area contributed by atoms with Gasteiger partial charge in [-0.25, -0.2) is 15.0 Å². The van der Waals surface area contributed by atoms with Crippen LogP contribution >= 0.6 is 11.3 Å². The number of fused-ring (bicyclic) bond motifs is 7. The van der Waals surface area contributed by atoms with Gasteiger partial charge >= 0.3 is 0 Å². The third-order valence-electron chi connectivity index (χ3n) is 9.22. The van der Waals surface area contributed by atoms with Gasteiger partial charge in [-0.1, -0.05) is 121 Å². The maximum atomic E-state index is 5.22. The van der Waals surface area contributed by atoms with Crippen LogP contribution in [0.3, 0.4) is 0 Å².